The molecule has 7 rings (SSSR count). The van der Waals surface area contributed by atoms with Crippen LogP contribution in [0, 0.1) is 11.8 Å². The zero-order valence-corrected chi connectivity index (χ0v) is 25.3. The average molecular weight is 556 g/mol. The predicted molar refractivity (Wildman–Crippen MR) is 173 cm³/mol. The minimum Gasteiger partial charge on any atom is -0.399 e. The number of hydrogen-bond acceptors (Lipinski definition) is 4. The van der Waals surface area contributed by atoms with Crippen LogP contribution in [0.2, 0.25) is 0 Å². The summed E-state index contributed by atoms with van der Waals surface area (Å²) >= 11 is 0. The van der Waals surface area contributed by atoms with Crippen LogP contribution >= 0.6 is 0 Å². The molecule has 1 saturated heterocycles. The summed E-state index contributed by atoms with van der Waals surface area (Å²) in [6.07, 6.45) is 16.6. The van der Waals surface area contributed by atoms with Gasteiger partial charge in [0.25, 0.3) is 0 Å². The van der Waals surface area contributed by atoms with E-state index in [1.807, 2.05) is 0 Å². The maximum absolute atomic E-state index is 6.44. The molecule has 0 saturated carbocycles. The van der Waals surface area contributed by atoms with Crippen LogP contribution in [0.5, 0.6) is 0 Å². The number of nitrogens with zero attached hydrogens (tertiary/aromatic N) is 3. The van der Waals surface area contributed by atoms with Crippen molar-refractivity contribution in [2.24, 2.45) is 11.8 Å². The van der Waals surface area contributed by atoms with Gasteiger partial charge in [0.2, 0.25) is 5.95 Å². The van der Waals surface area contributed by atoms with Crippen molar-refractivity contribution < 1.29 is 9.31 Å². The van der Waals surface area contributed by atoms with Crippen LogP contribution in [0.1, 0.15) is 65.3 Å². The second-order valence-corrected chi connectivity index (χ2v) is 13.1. The molecule has 0 N–H and O–H groups in total. The van der Waals surface area contributed by atoms with Crippen LogP contribution < -0.4 is 5.46 Å². The Hall–Kier alpha value is -3.74. The first kappa shape index (κ1) is 27.1. The van der Waals surface area contributed by atoms with Crippen molar-refractivity contribution in [3.05, 3.63) is 102 Å². The molecule has 3 heterocycles. The highest BCUT2D eigenvalue weighted by Crippen LogP contribution is 2.38. The fourth-order valence-electron chi connectivity index (χ4n) is 6.20. The third-order valence-corrected chi connectivity index (χ3v) is 9.52. The van der Waals surface area contributed by atoms with Crippen LogP contribution in [0.3, 0.4) is 0 Å². The highest BCUT2D eigenvalue weighted by Gasteiger charge is 2.51. The maximum atomic E-state index is 6.44. The molecule has 2 aromatic heterocycles. The van der Waals surface area contributed by atoms with Crippen molar-refractivity contribution in [1.82, 2.24) is 14.5 Å². The molecule has 5 nitrogen and oxygen atoms in total. The minimum absolute atomic E-state index is 0.177. The second-order valence-electron chi connectivity index (χ2n) is 13.1. The molecule has 0 amide bonds. The van der Waals surface area contributed by atoms with E-state index in [4.69, 9.17) is 19.3 Å². The van der Waals surface area contributed by atoms with Crippen LogP contribution in [0.4, 0.5) is 0 Å². The Labute approximate surface area is 248 Å². The molecule has 3 aliphatic rings. The molecule has 3 unspecified atom stereocenters. The first-order chi connectivity index (χ1) is 20.1. The van der Waals surface area contributed by atoms with Crippen molar-refractivity contribution in [3.63, 3.8) is 0 Å². The van der Waals surface area contributed by atoms with Gasteiger partial charge in [-0.15, -0.1) is 0 Å². The van der Waals surface area contributed by atoms with Gasteiger partial charge in [-0.25, -0.2) is 9.97 Å². The van der Waals surface area contributed by atoms with Crippen LogP contribution in [-0.4, -0.2) is 32.9 Å². The van der Waals surface area contributed by atoms with Crippen molar-refractivity contribution in [3.8, 4) is 5.95 Å². The number of benzene rings is 2. The highest BCUT2D eigenvalue weighted by atomic mass is 16.7. The molecule has 42 heavy (non-hydrogen) atoms. The molecule has 4 aromatic rings. The van der Waals surface area contributed by atoms with E-state index in [-0.39, 0.29) is 5.92 Å². The first-order valence-corrected chi connectivity index (χ1v) is 15.1. The lowest BCUT2D eigenvalue weighted by molar-refractivity contribution is 0.00578. The monoisotopic (exact) mass is 555 g/mol. The summed E-state index contributed by atoms with van der Waals surface area (Å²) in [6, 6.07) is 17.2. The molecule has 1 fully saturated rings. The molecule has 0 spiro atoms. The van der Waals surface area contributed by atoms with Gasteiger partial charge in [0.05, 0.1) is 33.6 Å². The lowest BCUT2D eigenvalue weighted by atomic mass is 9.79. The fourth-order valence-corrected chi connectivity index (χ4v) is 6.20. The Kier molecular flexibility index (Phi) is 6.41. The summed E-state index contributed by atoms with van der Waals surface area (Å²) in [5, 5.41) is 2.32. The SMILES string of the molecule is CC1C=CC(c2cc(C3C=CC=CC3C)nc(-n3c4ccccc4c4ccc(B5OC(C)(C)C(C)(C)O5)cc43)n2)=CC1. The molecule has 6 heteroatoms. The van der Waals surface area contributed by atoms with Crippen LogP contribution in [0.15, 0.2) is 91.1 Å². The van der Waals surface area contributed by atoms with Gasteiger partial charge in [0.15, 0.2) is 0 Å². The Balaban J connectivity index is 1.44. The van der Waals surface area contributed by atoms with Gasteiger partial charge in [-0.1, -0.05) is 86.7 Å². The van der Waals surface area contributed by atoms with Gasteiger partial charge in [-0.3, -0.25) is 4.57 Å². The van der Waals surface area contributed by atoms with Crippen molar-refractivity contribution >= 4 is 40.0 Å². The van der Waals surface area contributed by atoms with E-state index in [2.05, 4.69) is 137 Å². The summed E-state index contributed by atoms with van der Waals surface area (Å²) < 4.78 is 15.1. The van der Waals surface area contributed by atoms with Crippen LogP contribution in [-0.2, 0) is 9.31 Å². The summed E-state index contributed by atoms with van der Waals surface area (Å²) in [5.74, 6) is 1.74. The first-order valence-electron chi connectivity index (χ1n) is 15.1. The molecule has 3 atom stereocenters. The lowest BCUT2D eigenvalue weighted by Gasteiger charge is -2.32. The summed E-state index contributed by atoms with van der Waals surface area (Å²) in [7, 11) is -0.451. The van der Waals surface area contributed by atoms with Crippen molar-refractivity contribution in [1.29, 1.82) is 0 Å². The van der Waals surface area contributed by atoms with E-state index >= 15 is 0 Å². The van der Waals surface area contributed by atoms with E-state index in [0.717, 1.165) is 45.3 Å². The molecule has 2 aliphatic carbocycles. The standard InChI is InChI=1S/C36H38BN3O2/c1-23-15-17-25(18-16-23)30-22-31(27-12-8-7-11-24(27)2)39-34(38-30)40-32-14-10-9-13-28(32)29-20-19-26(21-33(29)40)37-41-35(3,4)36(5,6)42-37/h7-15,17-24,27H,16H2,1-6H3. The Morgan fingerprint density at radius 1 is 0.833 bits per heavy atom. The maximum Gasteiger partial charge on any atom is 0.494 e. The third-order valence-electron chi connectivity index (χ3n) is 9.52. The van der Waals surface area contributed by atoms with Gasteiger partial charge < -0.3 is 9.31 Å². The van der Waals surface area contributed by atoms with Gasteiger partial charge >= 0.3 is 7.12 Å². The normalized spacial score (nSPS) is 24.6. The Morgan fingerprint density at radius 3 is 2.31 bits per heavy atom. The molecule has 0 bridgehead atoms. The quantitative estimate of drug-likeness (QED) is 0.242. The highest BCUT2D eigenvalue weighted by molar-refractivity contribution is 6.62. The molecule has 2 aromatic carbocycles. The number of fused-ring (bicyclic) bond motifs is 3. The van der Waals surface area contributed by atoms with Gasteiger partial charge in [0, 0.05) is 16.7 Å². The van der Waals surface area contributed by atoms with Crippen molar-refractivity contribution in [2.45, 2.75) is 65.1 Å². The predicted octanol–water partition coefficient (Wildman–Crippen LogP) is 7.70. The Bertz CT molecular complexity index is 1810. The largest absolute Gasteiger partial charge is 0.494 e. The number of aromatic nitrogens is 3. The van der Waals surface area contributed by atoms with E-state index in [9.17, 15) is 0 Å². The number of para-hydroxylation sites is 1. The molecule has 0 radical (unpaired) electrons. The van der Waals surface area contributed by atoms with E-state index in [0.29, 0.717) is 17.8 Å². The average Bonchev–Trinajstić information content (AvgIpc) is 3.42. The summed E-state index contributed by atoms with van der Waals surface area (Å²) in [6.45, 7) is 12.9. The Morgan fingerprint density at radius 2 is 1.57 bits per heavy atom. The zero-order valence-electron chi connectivity index (χ0n) is 25.3. The van der Waals surface area contributed by atoms with Gasteiger partial charge in [-0.2, -0.15) is 0 Å². The number of allylic oxidation sites excluding steroid dienone is 8. The topological polar surface area (TPSA) is 49.2 Å². The fraction of sp³-hybridized carbons (Fsp3) is 0.333. The lowest BCUT2D eigenvalue weighted by Crippen LogP contribution is -2.41. The molecule has 212 valence electrons. The van der Waals surface area contributed by atoms with E-state index in [1.165, 1.54) is 5.39 Å². The zero-order chi connectivity index (χ0) is 29.2. The molecular formula is C36H38BN3O2. The van der Waals surface area contributed by atoms with E-state index in [1.54, 1.807) is 0 Å². The van der Waals surface area contributed by atoms with Gasteiger partial charge in [-0.05, 0) is 75.2 Å². The molecule has 1 aliphatic heterocycles. The smallest absolute Gasteiger partial charge is 0.399 e. The summed E-state index contributed by atoms with van der Waals surface area (Å²) in [4.78, 5) is 10.5. The summed E-state index contributed by atoms with van der Waals surface area (Å²) in [5.41, 5.74) is 5.43. The second kappa shape index (κ2) is 9.93. The number of hydrogen-bond donors (Lipinski definition) is 0. The van der Waals surface area contributed by atoms with Crippen molar-refractivity contribution in [2.75, 3.05) is 0 Å². The van der Waals surface area contributed by atoms with Crippen LogP contribution in [0.25, 0.3) is 33.3 Å². The molecular weight excluding hydrogens is 517 g/mol. The minimum atomic E-state index is -0.451. The van der Waals surface area contributed by atoms with Gasteiger partial charge in [0.1, 0.15) is 0 Å². The third kappa shape index (κ3) is 4.49. The van der Waals surface area contributed by atoms with E-state index < -0.39 is 18.3 Å². The number of rotatable bonds is 4.